The average molecular weight is 367 g/mol. The molecule has 0 amide bonds. The molecular formula is C18H23ClN2O2S. The van der Waals surface area contributed by atoms with E-state index in [4.69, 9.17) is 16.3 Å². The molecule has 1 heterocycles. The first kappa shape index (κ1) is 18.9. The van der Waals surface area contributed by atoms with Crippen LogP contribution in [-0.4, -0.2) is 27.2 Å². The van der Waals surface area contributed by atoms with E-state index in [9.17, 15) is 4.21 Å². The highest BCUT2D eigenvalue weighted by molar-refractivity contribution is 7.84. The molecule has 4 nitrogen and oxygen atoms in total. The maximum absolute atomic E-state index is 11.2. The molecule has 0 aliphatic heterocycles. The third kappa shape index (κ3) is 6.59. The molecule has 2 rings (SSSR count). The topological polar surface area (TPSA) is 51.2 Å². The quantitative estimate of drug-likeness (QED) is 0.737. The molecule has 1 aromatic heterocycles. The zero-order valence-electron chi connectivity index (χ0n) is 14.0. The van der Waals surface area contributed by atoms with Crippen LogP contribution in [0.15, 0.2) is 42.7 Å². The normalized spacial score (nSPS) is 13.5. The summed E-state index contributed by atoms with van der Waals surface area (Å²) in [5.41, 5.74) is 2.03. The molecule has 24 heavy (non-hydrogen) atoms. The summed E-state index contributed by atoms with van der Waals surface area (Å²) in [6, 6.07) is 9.78. The molecule has 2 atom stereocenters. The first-order valence-electron chi connectivity index (χ1n) is 7.88. The number of hydrogen-bond acceptors (Lipinski definition) is 4. The number of benzene rings is 1. The maximum atomic E-state index is 11.2. The van der Waals surface area contributed by atoms with Crippen molar-refractivity contribution in [2.75, 3.05) is 12.0 Å². The van der Waals surface area contributed by atoms with Gasteiger partial charge in [0.15, 0.2) is 0 Å². The summed E-state index contributed by atoms with van der Waals surface area (Å²) in [6.07, 6.45) is 6.14. The smallest absolute Gasteiger partial charge is 0.124 e. The van der Waals surface area contributed by atoms with Crippen LogP contribution in [0.2, 0.25) is 5.02 Å². The Morgan fingerprint density at radius 3 is 2.92 bits per heavy atom. The minimum atomic E-state index is -0.758. The monoisotopic (exact) mass is 366 g/mol. The van der Waals surface area contributed by atoms with Crippen molar-refractivity contribution < 1.29 is 8.95 Å². The summed E-state index contributed by atoms with van der Waals surface area (Å²) in [6.45, 7) is 3.21. The summed E-state index contributed by atoms with van der Waals surface area (Å²) in [7, 11) is -0.758. The van der Waals surface area contributed by atoms with Gasteiger partial charge < -0.3 is 10.1 Å². The molecule has 0 aliphatic carbocycles. The van der Waals surface area contributed by atoms with Crippen molar-refractivity contribution in [2.45, 2.75) is 32.5 Å². The average Bonchev–Trinajstić information content (AvgIpc) is 2.58. The Kier molecular flexibility index (Phi) is 7.69. The zero-order valence-corrected chi connectivity index (χ0v) is 15.6. The van der Waals surface area contributed by atoms with Crippen molar-refractivity contribution in [1.82, 2.24) is 10.3 Å². The van der Waals surface area contributed by atoms with Crippen molar-refractivity contribution >= 4 is 22.4 Å². The largest absolute Gasteiger partial charge is 0.489 e. The highest BCUT2D eigenvalue weighted by Gasteiger charge is 2.08. The van der Waals surface area contributed by atoms with E-state index in [0.29, 0.717) is 23.9 Å². The fraction of sp³-hybridized carbons (Fsp3) is 0.389. The molecule has 0 spiro atoms. The molecule has 0 unspecified atom stereocenters. The highest BCUT2D eigenvalue weighted by Crippen LogP contribution is 2.24. The Hall–Kier alpha value is -1.43. The third-order valence-corrected chi connectivity index (χ3v) is 4.66. The van der Waals surface area contributed by atoms with Crippen molar-refractivity contribution in [2.24, 2.45) is 0 Å². The summed E-state index contributed by atoms with van der Waals surface area (Å²) in [5.74, 6) is 1.51. The first-order valence-corrected chi connectivity index (χ1v) is 9.98. The minimum absolute atomic E-state index is 0.277. The molecule has 0 saturated heterocycles. The second-order valence-corrected chi connectivity index (χ2v) is 7.74. The Morgan fingerprint density at radius 2 is 2.21 bits per heavy atom. The molecule has 0 aliphatic rings. The molecule has 0 fully saturated rings. The number of hydrogen-bond donors (Lipinski definition) is 1. The van der Waals surface area contributed by atoms with Crippen molar-refractivity contribution in [1.29, 1.82) is 0 Å². The van der Waals surface area contributed by atoms with Gasteiger partial charge in [0, 0.05) is 63.9 Å². The van der Waals surface area contributed by atoms with E-state index >= 15 is 0 Å². The second kappa shape index (κ2) is 9.77. The van der Waals surface area contributed by atoms with Gasteiger partial charge >= 0.3 is 0 Å². The molecular weight excluding hydrogens is 344 g/mol. The second-order valence-electron chi connectivity index (χ2n) is 5.75. The van der Waals surface area contributed by atoms with Crippen LogP contribution in [0.3, 0.4) is 0 Å². The van der Waals surface area contributed by atoms with Crippen LogP contribution in [0.1, 0.15) is 24.5 Å². The third-order valence-electron chi connectivity index (χ3n) is 3.62. The van der Waals surface area contributed by atoms with Gasteiger partial charge in [0.2, 0.25) is 0 Å². The lowest BCUT2D eigenvalue weighted by Gasteiger charge is -2.16. The molecule has 0 saturated carbocycles. The lowest BCUT2D eigenvalue weighted by Crippen LogP contribution is -2.27. The molecule has 6 heteroatoms. The van der Waals surface area contributed by atoms with Crippen LogP contribution in [0, 0.1) is 0 Å². The summed E-state index contributed by atoms with van der Waals surface area (Å²) in [4.78, 5) is 4.09. The van der Waals surface area contributed by atoms with E-state index < -0.39 is 10.8 Å². The Balaban J connectivity index is 1.95. The van der Waals surface area contributed by atoms with E-state index in [0.717, 1.165) is 23.3 Å². The van der Waals surface area contributed by atoms with Crippen molar-refractivity contribution in [3.63, 3.8) is 0 Å². The van der Waals surface area contributed by atoms with Gasteiger partial charge in [-0.1, -0.05) is 17.7 Å². The van der Waals surface area contributed by atoms with E-state index in [-0.39, 0.29) is 6.04 Å². The maximum Gasteiger partial charge on any atom is 0.124 e. The molecule has 2 aromatic rings. The molecule has 1 N–H and O–H groups in total. The van der Waals surface area contributed by atoms with Gasteiger partial charge in [-0.2, -0.15) is 0 Å². The van der Waals surface area contributed by atoms with E-state index in [2.05, 4.69) is 17.2 Å². The van der Waals surface area contributed by atoms with Gasteiger partial charge in [0.1, 0.15) is 12.4 Å². The lowest BCUT2D eigenvalue weighted by atomic mass is 10.1. The van der Waals surface area contributed by atoms with Crippen LogP contribution in [-0.2, 0) is 24.0 Å². The molecule has 130 valence electrons. The van der Waals surface area contributed by atoms with E-state index in [1.807, 2.05) is 30.3 Å². The lowest BCUT2D eigenvalue weighted by molar-refractivity contribution is 0.301. The van der Waals surface area contributed by atoms with Crippen LogP contribution < -0.4 is 10.1 Å². The van der Waals surface area contributed by atoms with Gasteiger partial charge in [-0.05, 0) is 37.6 Å². The number of aromatic nitrogens is 1. The SMILES string of the molecule is C[C@H](CC[S@@](C)=O)NCc1cc(Cl)ccc1OCc1cccnc1. The number of nitrogens with one attached hydrogen (secondary N) is 1. The highest BCUT2D eigenvalue weighted by atomic mass is 35.5. The number of pyridine rings is 1. The fourth-order valence-corrected chi connectivity index (χ4v) is 3.08. The van der Waals surface area contributed by atoms with Gasteiger partial charge in [0.05, 0.1) is 0 Å². The van der Waals surface area contributed by atoms with Gasteiger partial charge in [-0.3, -0.25) is 9.19 Å². The number of halogens is 1. The van der Waals surface area contributed by atoms with Crippen LogP contribution in [0.4, 0.5) is 0 Å². The molecule has 0 bridgehead atoms. The predicted molar refractivity (Wildman–Crippen MR) is 99.9 cm³/mol. The van der Waals surface area contributed by atoms with E-state index in [1.165, 1.54) is 0 Å². The van der Waals surface area contributed by atoms with Crippen molar-refractivity contribution in [3.05, 3.63) is 58.9 Å². The number of rotatable bonds is 9. The van der Waals surface area contributed by atoms with Gasteiger partial charge in [-0.25, -0.2) is 0 Å². The first-order chi connectivity index (χ1) is 11.5. The Bertz CT molecular complexity index is 667. The summed E-state index contributed by atoms with van der Waals surface area (Å²) >= 11 is 6.12. The van der Waals surface area contributed by atoms with E-state index in [1.54, 1.807) is 18.6 Å². The standard InChI is InChI=1S/C18H23ClN2O2S/c1-14(7-9-24(2)22)21-12-16-10-17(19)5-6-18(16)23-13-15-4-3-8-20-11-15/h3-6,8,10-11,14,21H,7,9,12-13H2,1-2H3/t14-,24-/m1/s1. The van der Waals surface area contributed by atoms with Crippen LogP contribution >= 0.6 is 11.6 Å². The van der Waals surface area contributed by atoms with Gasteiger partial charge in [-0.15, -0.1) is 0 Å². The van der Waals surface area contributed by atoms with Crippen LogP contribution in [0.5, 0.6) is 5.75 Å². The minimum Gasteiger partial charge on any atom is -0.489 e. The van der Waals surface area contributed by atoms with Crippen molar-refractivity contribution in [3.8, 4) is 5.75 Å². The van der Waals surface area contributed by atoms with Gasteiger partial charge in [0.25, 0.3) is 0 Å². The Labute approximate surface area is 151 Å². The Morgan fingerprint density at radius 1 is 1.38 bits per heavy atom. The predicted octanol–water partition coefficient (Wildman–Crippen LogP) is 3.56. The van der Waals surface area contributed by atoms with Crippen LogP contribution in [0.25, 0.3) is 0 Å². The number of nitrogens with zero attached hydrogens (tertiary/aromatic N) is 1. The molecule has 1 aromatic carbocycles. The summed E-state index contributed by atoms with van der Waals surface area (Å²) in [5, 5.41) is 4.12. The number of ether oxygens (including phenoxy) is 1. The fourth-order valence-electron chi connectivity index (χ4n) is 2.20. The summed E-state index contributed by atoms with van der Waals surface area (Å²) < 4.78 is 17.1. The molecule has 0 radical (unpaired) electrons. The zero-order chi connectivity index (χ0) is 17.4.